The Morgan fingerprint density at radius 1 is 1.53 bits per heavy atom. The lowest BCUT2D eigenvalue weighted by Crippen LogP contribution is -2.33. The van der Waals surface area contributed by atoms with Crippen LogP contribution in [0.3, 0.4) is 0 Å². The summed E-state index contributed by atoms with van der Waals surface area (Å²) in [5.41, 5.74) is 7.91. The van der Waals surface area contributed by atoms with Crippen molar-refractivity contribution in [3.8, 4) is 0 Å². The number of benzene rings is 1. The second-order valence-electron chi connectivity index (χ2n) is 5.12. The molecule has 1 aromatic carbocycles. The Bertz CT molecular complexity index is 439. The van der Waals surface area contributed by atoms with Gasteiger partial charge in [0, 0.05) is 24.8 Å². The standard InChI is InChI=1S/C15H22N2O2/c1-3-13-11(7-8-19-13)9-17-15(18)14-10(2)5-4-6-12(14)16/h4-6,11,13H,3,7-9,16H2,1-2H3,(H,17,18). The molecule has 4 nitrogen and oxygen atoms in total. The van der Waals surface area contributed by atoms with E-state index in [9.17, 15) is 4.79 Å². The Balaban J connectivity index is 1.98. The minimum absolute atomic E-state index is 0.0858. The minimum atomic E-state index is -0.0858. The third-order valence-electron chi connectivity index (χ3n) is 3.81. The summed E-state index contributed by atoms with van der Waals surface area (Å²) in [6.07, 6.45) is 2.28. The first-order valence-electron chi connectivity index (χ1n) is 6.88. The number of ether oxygens (including phenoxy) is 1. The second-order valence-corrected chi connectivity index (χ2v) is 5.12. The predicted octanol–water partition coefficient (Wildman–Crippen LogP) is 2.12. The van der Waals surface area contributed by atoms with Crippen LogP contribution < -0.4 is 11.1 Å². The molecule has 0 aromatic heterocycles. The second kappa shape index (κ2) is 6.06. The summed E-state index contributed by atoms with van der Waals surface area (Å²) in [6.45, 7) is 5.47. The van der Waals surface area contributed by atoms with E-state index in [1.165, 1.54) is 0 Å². The molecule has 1 amide bonds. The van der Waals surface area contributed by atoms with Gasteiger partial charge in [0.1, 0.15) is 0 Å². The Morgan fingerprint density at radius 3 is 3.00 bits per heavy atom. The van der Waals surface area contributed by atoms with Gasteiger partial charge in [-0.05, 0) is 31.4 Å². The molecule has 2 rings (SSSR count). The van der Waals surface area contributed by atoms with Crippen LogP contribution in [0.4, 0.5) is 5.69 Å². The summed E-state index contributed by atoms with van der Waals surface area (Å²) < 4.78 is 5.62. The molecule has 1 fully saturated rings. The molecule has 0 aliphatic carbocycles. The summed E-state index contributed by atoms with van der Waals surface area (Å²) in [5, 5.41) is 2.99. The Labute approximate surface area is 114 Å². The summed E-state index contributed by atoms with van der Waals surface area (Å²) in [6, 6.07) is 5.52. The molecule has 1 aliphatic rings. The summed E-state index contributed by atoms with van der Waals surface area (Å²) >= 11 is 0. The van der Waals surface area contributed by atoms with E-state index in [4.69, 9.17) is 10.5 Å². The SMILES string of the molecule is CCC1OCCC1CNC(=O)c1c(C)cccc1N. The molecule has 1 aliphatic heterocycles. The average molecular weight is 262 g/mol. The molecule has 1 heterocycles. The number of nitrogens with two attached hydrogens (primary N) is 1. The number of carbonyl (C=O) groups excluding carboxylic acids is 1. The van der Waals surface area contributed by atoms with Gasteiger partial charge in [-0.3, -0.25) is 4.79 Å². The van der Waals surface area contributed by atoms with Gasteiger partial charge in [-0.1, -0.05) is 19.1 Å². The highest BCUT2D eigenvalue weighted by molar-refractivity contribution is 6.00. The molecule has 2 unspecified atom stereocenters. The zero-order valence-corrected chi connectivity index (χ0v) is 11.6. The molecule has 104 valence electrons. The van der Waals surface area contributed by atoms with Gasteiger partial charge in [0.25, 0.3) is 5.91 Å². The molecule has 1 aromatic rings. The Morgan fingerprint density at radius 2 is 2.32 bits per heavy atom. The summed E-state index contributed by atoms with van der Waals surface area (Å²) in [7, 11) is 0. The average Bonchev–Trinajstić information content (AvgIpc) is 2.83. The first-order chi connectivity index (χ1) is 9.13. The van der Waals surface area contributed by atoms with Crippen molar-refractivity contribution < 1.29 is 9.53 Å². The lowest BCUT2D eigenvalue weighted by atomic mass is 9.99. The third kappa shape index (κ3) is 3.07. The van der Waals surface area contributed by atoms with Crippen molar-refractivity contribution >= 4 is 11.6 Å². The molecule has 19 heavy (non-hydrogen) atoms. The van der Waals surface area contributed by atoms with Gasteiger partial charge in [0.2, 0.25) is 0 Å². The van der Waals surface area contributed by atoms with Crippen LogP contribution in [0.15, 0.2) is 18.2 Å². The number of hydrogen-bond acceptors (Lipinski definition) is 3. The van der Waals surface area contributed by atoms with E-state index < -0.39 is 0 Å². The normalized spacial score (nSPS) is 22.4. The zero-order chi connectivity index (χ0) is 13.8. The number of amides is 1. The van der Waals surface area contributed by atoms with E-state index >= 15 is 0 Å². The predicted molar refractivity (Wildman–Crippen MR) is 76.1 cm³/mol. The highest BCUT2D eigenvalue weighted by Crippen LogP contribution is 2.23. The van der Waals surface area contributed by atoms with Gasteiger partial charge < -0.3 is 15.8 Å². The van der Waals surface area contributed by atoms with Crippen LogP contribution in [0.25, 0.3) is 0 Å². The zero-order valence-electron chi connectivity index (χ0n) is 11.6. The number of hydrogen-bond donors (Lipinski definition) is 2. The quantitative estimate of drug-likeness (QED) is 0.817. The van der Waals surface area contributed by atoms with E-state index in [2.05, 4.69) is 12.2 Å². The fraction of sp³-hybridized carbons (Fsp3) is 0.533. The Kier molecular flexibility index (Phi) is 4.43. The molecule has 0 saturated carbocycles. The van der Waals surface area contributed by atoms with E-state index in [0.717, 1.165) is 25.0 Å². The number of carbonyl (C=O) groups is 1. The van der Waals surface area contributed by atoms with Crippen molar-refractivity contribution in [3.05, 3.63) is 29.3 Å². The van der Waals surface area contributed by atoms with Gasteiger partial charge in [0.05, 0.1) is 11.7 Å². The van der Waals surface area contributed by atoms with Crippen molar-refractivity contribution in [2.45, 2.75) is 32.8 Å². The smallest absolute Gasteiger partial charge is 0.253 e. The van der Waals surface area contributed by atoms with Crippen molar-refractivity contribution in [1.82, 2.24) is 5.32 Å². The number of nitrogen functional groups attached to an aromatic ring is 1. The lowest BCUT2D eigenvalue weighted by molar-refractivity contribution is 0.0827. The van der Waals surface area contributed by atoms with Crippen molar-refractivity contribution in [2.75, 3.05) is 18.9 Å². The topological polar surface area (TPSA) is 64.3 Å². The van der Waals surface area contributed by atoms with Crippen LogP contribution in [-0.4, -0.2) is 25.2 Å². The van der Waals surface area contributed by atoms with E-state index in [1.807, 2.05) is 19.1 Å². The van der Waals surface area contributed by atoms with Gasteiger partial charge >= 0.3 is 0 Å². The molecule has 0 radical (unpaired) electrons. The number of aryl methyl sites for hydroxylation is 1. The highest BCUT2D eigenvalue weighted by Gasteiger charge is 2.27. The first-order valence-corrected chi connectivity index (χ1v) is 6.88. The van der Waals surface area contributed by atoms with Crippen molar-refractivity contribution in [1.29, 1.82) is 0 Å². The van der Waals surface area contributed by atoms with Crippen LogP contribution in [0.1, 0.15) is 35.7 Å². The minimum Gasteiger partial charge on any atom is -0.398 e. The van der Waals surface area contributed by atoms with E-state index in [-0.39, 0.29) is 12.0 Å². The largest absolute Gasteiger partial charge is 0.398 e. The maximum absolute atomic E-state index is 12.2. The molecular weight excluding hydrogens is 240 g/mol. The number of anilines is 1. The molecule has 2 atom stereocenters. The van der Waals surface area contributed by atoms with Crippen molar-refractivity contribution in [2.24, 2.45) is 5.92 Å². The lowest BCUT2D eigenvalue weighted by Gasteiger charge is -2.18. The van der Waals surface area contributed by atoms with E-state index in [1.54, 1.807) is 6.07 Å². The third-order valence-corrected chi connectivity index (χ3v) is 3.81. The first kappa shape index (κ1) is 13.9. The molecular formula is C15H22N2O2. The molecule has 0 spiro atoms. The maximum atomic E-state index is 12.2. The van der Waals surface area contributed by atoms with Crippen LogP contribution in [0.5, 0.6) is 0 Å². The monoisotopic (exact) mass is 262 g/mol. The maximum Gasteiger partial charge on any atom is 0.253 e. The molecule has 3 N–H and O–H groups in total. The fourth-order valence-corrected chi connectivity index (χ4v) is 2.69. The molecule has 4 heteroatoms. The highest BCUT2D eigenvalue weighted by atomic mass is 16.5. The van der Waals surface area contributed by atoms with E-state index in [0.29, 0.717) is 23.7 Å². The number of nitrogens with one attached hydrogen (secondary N) is 1. The summed E-state index contributed by atoms with van der Waals surface area (Å²) in [4.78, 5) is 12.2. The molecule has 0 bridgehead atoms. The van der Waals surface area contributed by atoms with Crippen LogP contribution >= 0.6 is 0 Å². The van der Waals surface area contributed by atoms with Gasteiger partial charge in [-0.15, -0.1) is 0 Å². The van der Waals surface area contributed by atoms with Gasteiger partial charge in [0.15, 0.2) is 0 Å². The van der Waals surface area contributed by atoms with Crippen LogP contribution in [0.2, 0.25) is 0 Å². The van der Waals surface area contributed by atoms with Gasteiger partial charge in [-0.2, -0.15) is 0 Å². The van der Waals surface area contributed by atoms with Gasteiger partial charge in [-0.25, -0.2) is 0 Å². The Hall–Kier alpha value is -1.55. The van der Waals surface area contributed by atoms with Crippen LogP contribution in [-0.2, 0) is 4.74 Å². The number of rotatable bonds is 4. The van der Waals surface area contributed by atoms with Crippen molar-refractivity contribution in [3.63, 3.8) is 0 Å². The fourth-order valence-electron chi connectivity index (χ4n) is 2.69. The van der Waals surface area contributed by atoms with Crippen LogP contribution in [0, 0.1) is 12.8 Å². The molecule has 1 saturated heterocycles. The summed E-state index contributed by atoms with van der Waals surface area (Å²) in [5.74, 6) is 0.330.